The van der Waals surface area contributed by atoms with Crippen molar-refractivity contribution in [2.45, 2.75) is 37.1 Å². The molecule has 1 fully saturated rings. The molecule has 0 spiro atoms. The van der Waals surface area contributed by atoms with E-state index in [0.717, 1.165) is 12.8 Å². The van der Waals surface area contributed by atoms with E-state index in [0.29, 0.717) is 24.8 Å². The number of carbonyl (C=O) groups is 1. The topological polar surface area (TPSA) is 54.5 Å². The summed E-state index contributed by atoms with van der Waals surface area (Å²) in [6.07, 6.45) is 2.93. The van der Waals surface area contributed by atoms with E-state index in [-0.39, 0.29) is 9.92 Å². The van der Waals surface area contributed by atoms with Crippen LogP contribution in [0.5, 0.6) is 0 Å². The van der Waals surface area contributed by atoms with Crippen molar-refractivity contribution in [3.63, 3.8) is 0 Å². The minimum Gasteiger partial charge on any atom is -0.302 e. The largest absolute Gasteiger partial charge is 0.302 e. The Labute approximate surface area is 118 Å². The lowest BCUT2D eigenvalue weighted by molar-refractivity contribution is -0.111. The minimum atomic E-state index is -3.71. The lowest BCUT2D eigenvalue weighted by Crippen LogP contribution is -2.44. The minimum absolute atomic E-state index is 0.116. The molecule has 1 aromatic rings. The zero-order chi connectivity index (χ0) is 14.0. The van der Waals surface area contributed by atoms with E-state index in [1.54, 1.807) is 25.1 Å². The quantitative estimate of drug-likeness (QED) is 0.806. The van der Waals surface area contributed by atoms with E-state index in [1.165, 1.54) is 4.31 Å². The van der Waals surface area contributed by atoms with Gasteiger partial charge in [0.25, 0.3) is 0 Å². The molecule has 1 aliphatic rings. The third-order valence-corrected chi connectivity index (χ3v) is 5.94. The Balaban J connectivity index is 2.50. The van der Waals surface area contributed by atoms with Crippen LogP contribution in [0.3, 0.4) is 0 Å². The summed E-state index contributed by atoms with van der Waals surface area (Å²) >= 11 is 6.03. The molecule has 0 aliphatic carbocycles. The summed E-state index contributed by atoms with van der Waals surface area (Å²) in [7, 11) is -3.71. The van der Waals surface area contributed by atoms with E-state index in [1.807, 2.05) is 0 Å². The third-order valence-electron chi connectivity index (χ3n) is 3.39. The van der Waals surface area contributed by atoms with E-state index in [4.69, 9.17) is 11.6 Å². The van der Waals surface area contributed by atoms with Crippen LogP contribution in [0, 0.1) is 6.92 Å². The van der Waals surface area contributed by atoms with Crippen molar-refractivity contribution < 1.29 is 13.2 Å². The molecule has 0 N–H and O–H groups in total. The highest BCUT2D eigenvalue weighted by Gasteiger charge is 2.35. The van der Waals surface area contributed by atoms with Crippen LogP contribution >= 0.6 is 11.6 Å². The van der Waals surface area contributed by atoms with Gasteiger partial charge in [0.15, 0.2) is 0 Å². The second-order valence-electron chi connectivity index (χ2n) is 4.70. The van der Waals surface area contributed by atoms with Crippen molar-refractivity contribution >= 4 is 27.9 Å². The van der Waals surface area contributed by atoms with Crippen LogP contribution < -0.4 is 0 Å². The number of nitrogens with zero attached hydrogens (tertiary/aromatic N) is 1. The molecular formula is C13H16ClNO3S. The first-order valence-electron chi connectivity index (χ1n) is 6.20. The molecule has 0 amide bonds. The average molecular weight is 302 g/mol. The van der Waals surface area contributed by atoms with Crippen molar-refractivity contribution in [2.24, 2.45) is 0 Å². The lowest BCUT2D eigenvalue weighted by Gasteiger charge is -2.31. The van der Waals surface area contributed by atoms with E-state index >= 15 is 0 Å². The van der Waals surface area contributed by atoms with Crippen LogP contribution in [0.25, 0.3) is 0 Å². The van der Waals surface area contributed by atoms with Gasteiger partial charge >= 0.3 is 0 Å². The number of benzene rings is 1. The Morgan fingerprint density at radius 1 is 1.37 bits per heavy atom. The molecule has 6 heteroatoms. The number of rotatable bonds is 3. The Hall–Kier alpha value is -0.910. The number of carbonyl (C=O) groups excluding carboxylic acids is 1. The smallest absolute Gasteiger partial charge is 0.245 e. The second kappa shape index (κ2) is 5.61. The fourth-order valence-corrected chi connectivity index (χ4v) is 4.85. The number of halogens is 1. The first-order valence-corrected chi connectivity index (χ1v) is 8.02. The lowest BCUT2D eigenvalue weighted by atomic mass is 10.1. The highest BCUT2D eigenvalue weighted by atomic mass is 35.5. The van der Waals surface area contributed by atoms with Gasteiger partial charge in [-0.05, 0) is 31.4 Å². The van der Waals surface area contributed by atoms with Crippen LogP contribution in [-0.2, 0) is 14.8 Å². The molecule has 104 valence electrons. The fourth-order valence-electron chi connectivity index (χ4n) is 2.43. The van der Waals surface area contributed by atoms with E-state index < -0.39 is 16.1 Å². The van der Waals surface area contributed by atoms with Gasteiger partial charge in [-0.3, -0.25) is 0 Å². The van der Waals surface area contributed by atoms with E-state index in [2.05, 4.69) is 0 Å². The summed E-state index contributed by atoms with van der Waals surface area (Å²) in [5, 5.41) is 0.204. The van der Waals surface area contributed by atoms with Gasteiger partial charge in [-0.25, -0.2) is 8.42 Å². The molecule has 1 aliphatic heterocycles. The fraction of sp³-hybridized carbons (Fsp3) is 0.462. The van der Waals surface area contributed by atoms with Crippen LogP contribution in [-0.4, -0.2) is 31.6 Å². The summed E-state index contributed by atoms with van der Waals surface area (Å²) in [6, 6.07) is 4.40. The number of aryl methyl sites for hydroxylation is 1. The molecule has 2 rings (SSSR count). The maximum absolute atomic E-state index is 12.7. The van der Waals surface area contributed by atoms with Crippen molar-refractivity contribution in [2.75, 3.05) is 6.54 Å². The molecule has 1 aromatic carbocycles. The van der Waals surface area contributed by atoms with Gasteiger partial charge in [-0.2, -0.15) is 4.31 Å². The van der Waals surface area contributed by atoms with Crippen molar-refractivity contribution in [3.8, 4) is 0 Å². The Kier molecular flexibility index (Phi) is 4.28. The Morgan fingerprint density at radius 3 is 2.74 bits per heavy atom. The number of sulfonamides is 1. The normalized spacial score (nSPS) is 21.3. The predicted octanol–water partition coefficient (Wildman–Crippen LogP) is 2.39. The molecule has 0 radical (unpaired) electrons. The number of aldehydes is 1. The Bertz CT molecular complexity index is 565. The highest BCUT2D eigenvalue weighted by Crippen LogP contribution is 2.31. The van der Waals surface area contributed by atoms with Gasteiger partial charge in [0, 0.05) is 6.54 Å². The third kappa shape index (κ3) is 2.68. The molecule has 0 saturated carbocycles. The average Bonchev–Trinajstić information content (AvgIpc) is 2.38. The van der Waals surface area contributed by atoms with Crippen molar-refractivity contribution in [1.29, 1.82) is 0 Å². The maximum Gasteiger partial charge on any atom is 0.245 e. The molecule has 1 saturated heterocycles. The predicted molar refractivity (Wildman–Crippen MR) is 73.8 cm³/mol. The van der Waals surface area contributed by atoms with Crippen LogP contribution in [0.4, 0.5) is 0 Å². The molecular weight excluding hydrogens is 286 g/mol. The summed E-state index contributed by atoms with van der Waals surface area (Å²) in [5.74, 6) is 0. The van der Waals surface area contributed by atoms with Crippen molar-refractivity contribution in [1.82, 2.24) is 4.31 Å². The van der Waals surface area contributed by atoms with Gasteiger partial charge in [0.1, 0.15) is 11.2 Å². The second-order valence-corrected chi connectivity index (χ2v) is 6.94. The zero-order valence-corrected chi connectivity index (χ0v) is 12.2. The number of piperidine rings is 1. The summed E-state index contributed by atoms with van der Waals surface area (Å²) in [5.41, 5.74) is 0.600. The molecule has 0 bridgehead atoms. The van der Waals surface area contributed by atoms with E-state index in [9.17, 15) is 13.2 Å². The van der Waals surface area contributed by atoms with Crippen LogP contribution in [0.15, 0.2) is 23.1 Å². The van der Waals surface area contributed by atoms with Crippen LogP contribution in [0.2, 0.25) is 5.02 Å². The van der Waals surface area contributed by atoms with Gasteiger partial charge in [-0.1, -0.05) is 30.2 Å². The Morgan fingerprint density at radius 2 is 2.11 bits per heavy atom. The summed E-state index contributed by atoms with van der Waals surface area (Å²) in [4.78, 5) is 11.2. The molecule has 1 heterocycles. The first kappa shape index (κ1) is 14.5. The number of hydrogen-bond acceptors (Lipinski definition) is 3. The molecule has 1 unspecified atom stereocenters. The molecule has 0 aromatic heterocycles. The van der Waals surface area contributed by atoms with Gasteiger partial charge < -0.3 is 4.79 Å². The van der Waals surface area contributed by atoms with Gasteiger partial charge in [-0.15, -0.1) is 0 Å². The monoisotopic (exact) mass is 301 g/mol. The molecule has 1 atom stereocenters. The maximum atomic E-state index is 12.7. The summed E-state index contributed by atoms with van der Waals surface area (Å²) in [6.45, 7) is 2.08. The molecule has 4 nitrogen and oxygen atoms in total. The van der Waals surface area contributed by atoms with Gasteiger partial charge in [0.2, 0.25) is 10.0 Å². The first-order chi connectivity index (χ1) is 8.98. The molecule has 19 heavy (non-hydrogen) atoms. The zero-order valence-electron chi connectivity index (χ0n) is 10.7. The van der Waals surface area contributed by atoms with Gasteiger partial charge in [0.05, 0.1) is 11.1 Å². The summed E-state index contributed by atoms with van der Waals surface area (Å²) < 4.78 is 26.6. The number of hydrogen-bond donors (Lipinski definition) is 0. The standard InChI is InChI=1S/C13H16ClNO3S/c1-10-5-4-7-12(14)13(10)19(17,18)15-8-3-2-6-11(15)9-16/h4-5,7,9,11H,2-3,6,8H2,1H3. The van der Waals surface area contributed by atoms with Crippen LogP contribution in [0.1, 0.15) is 24.8 Å². The SMILES string of the molecule is Cc1cccc(Cl)c1S(=O)(=O)N1CCCCC1C=O. The van der Waals surface area contributed by atoms with Crippen molar-refractivity contribution in [3.05, 3.63) is 28.8 Å². The highest BCUT2D eigenvalue weighted by molar-refractivity contribution is 7.89.